The lowest BCUT2D eigenvalue weighted by Gasteiger charge is -2.32. The molecule has 0 fully saturated rings. The summed E-state index contributed by atoms with van der Waals surface area (Å²) < 4.78 is 1.07. The predicted molar refractivity (Wildman–Crippen MR) is 74.9 cm³/mol. The first-order chi connectivity index (χ1) is 6.63. The third kappa shape index (κ3) is 3.36. The molecule has 0 aromatic carbocycles. The first-order valence-electron chi connectivity index (χ1n) is 5.24. The van der Waals surface area contributed by atoms with Crippen molar-refractivity contribution in [2.24, 2.45) is 5.41 Å². The molecule has 1 aromatic heterocycles. The Hall–Kier alpha value is 0.270. The maximum absolute atomic E-state index is 5.31. The molecule has 0 amide bonds. The Balaban J connectivity index is 3.06. The molecule has 1 rings (SSSR count). The zero-order chi connectivity index (χ0) is 11.9. The second-order valence-electron chi connectivity index (χ2n) is 6.03. The van der Waals surface area contributed by atoms with Crippen LogP contribution in [-0.2, 0) is 5.41 Å². The Morgan fingerprint density at radius 1 is 1.07 bits per heavy atom. The van der Waals surface area contributed by atoms with Crippen molar-refractivity contribution in [1.82, 2.24) is 0 Å². The molecule has 0 spiro atoms. The van der Waals surface area contributed by atoms with Gasteiger partial charge in [0.25, 0.3) is 0 Å². The van der Waals surface area contributed by atoms with E-state index in [1.54, 1.807) is 10.3 Å². The van der Waals surface area contributed by atoms with Gasteiger partial charge in [-0.15, -0.1) is 0 Å². The van der Waals surface area contributed by atoms with Gasteiger partial charge in [-0.25, -0.2) is 0 Å². The third-order valence-electron chi connectivity index (χ3n) is 2.43. The van der Waals surface area contributed by atoms with Crippen LogP contribution in [-0.4, -0.2) is 0 Å². The van der Waals surface area contributed by atoms with Gasteiger partial charge >= 0.3 is 0 Å². The molecule has 86 valence electrons. The first kappa shape index (κ1) is 13.3. The number of hydrogen-bond acceptors (Lipinski definition) is 3. The molecular weight excluding hydrogens is 240 g/mol. The van der Waals surface area contributed by atoms with Crippen molar-refractivity contribution in [3.05, 3.63) is 14.3 Å². The SMILES string of the molecule is Cc1c(C(C)(C)CC(C)(C)C)ssc1=S. The minimum absolute atomic E-state index is 0.251. The molecule has 0 aliphatic carbocycles. The minimum Gasteiger partial charge on any atom is -0.0828 e. The molecule has 15 heavy (non-hydrogen) atoms. The van der Waals surface area contributed by atoms with Crippen molar-refractivity contribution >= 4 is 32.9 Å². The van der Waals surface area contributed by atoms with Crippen molar-refractivity contribution < 1.29 is 0 Å². The van der Waals surface area contributed by atoms with E-state index in [-0.39, 0.29) is 5.41 Å². The lowest BCUT2D eigenvalue weighted by atomic mass is 9.75. The van der Waals surface area contributed by atoms with Crippen LogP contribution in [0, 0.1) is 16.2 Å². The number of rotatable bonds is 2. The summed E-state index contributed by atoms with van der Waals surface area (Å²) in [6.45, 7) is 13.7. The number of hydrogen-bond donors (Lipinski definition) is 0. The van der Waals surface area contributed by atoms with Gasteiger partial charge in [-0.3, -0.25) is 0 Å². The van der Waals surface area contributed by atoms with Crippen molar-refractivity contribution in [2.75, 3.05) is 0 Å². The van der Waals surface area contributed by atoms with Crippen LogP contribution in [0.2, 0.25) is 0 Å². The van der Waals surface area contributed by atoms with Crippen molar-refractivity contribution in [3.63, 3.8) is 0 Å². The van der Waals surface area contributed by atoms with E-state index in [2.05, 4.69) is 41.5 Å². The zero-order valence-corrected chi connectivity index (χ0v) is 12.9. The smallest absolute Gasteiger partial charge is 0.0828 e. The van der Waals surface area contributed by atoms with E-state index < -0.39 is 0 Å². The van der Waals surface area contributed by atoms with Crippen LogP contribution in [0.25, 0.3) is 0 Å². The molecule has 0 bridgehead atoms. The highest BCUT2D eigenvalue weighted by molar-refractivity contribution is 7.79. The average molecular weight is 260 g/mol. The fourth-order valence-corrected chi connectivity index (χ4v) is 5.68. The van der Waals surface area contributed by atoms with Crippen LogP contribution >= 0.6 is 32.9 Å². The predicted octanol–water partition coefficient (Wildman–Crippen LogP) is 5.56. The summed E-state index contributed by atoms with van der Waals surface area (Å²) in [5, 5.41) is 0. The largest absolute Gasteiger partial charge is 0.105 e. The van der Waals surface area contributed by atoms with Crippen LogP contribution in [0.5, 0.6) is 0 Å². The summed E-state index contributed by atoms with van der Waals surface area (Å²) in [4.78, 5) is 1.48. The fraction of sp³-hybridized carbons (Fsp3) is 0.750. The van der Waals surface area contributed by atoms with E-state index in [9.17, 15) is 0 Å². The van der Waals surface area contributed by atoms with Gasteiger partial charge in [-0.2, -0.15) is 0 Å². The van der Waals surface area contributed by atoms with E-state index in [1.165, 1.54) is 16.9 Å². The first-order valence-corrected chi connectivity index (χ1v) is 7.79. The topological polar surface area (TPSA) is 0 Å². The second kappa shape index (κ2) is 4.27. The lowest BCUT2D eigenvalue weighted by molar-refractivity contribution is 0.286. The fourth-order valence-electron chi connectivity index (χ4n) is 2.32. The summed E-state index contributed by atoms with van der Waals surface area (Å²) in [6, 6.07) is 0. The molecule has 0 radical (unpaired) electrons. The molecule has 0 aliphatic heterocycles. The van der Waals surface area contributed by atoms with Gasteiger partial charge in [-0.05, 0) is 24.3 Å². The zero-order valence-electron chi connectivity index (χ0n) is 10.4. The summed E-state index contributed by atoms with van der Waals surface area (Å²) in [5.74, 6) is 0. The van der Waals surface area contributed by atoms with E-state index >= 15 is 0 Å². The molecule has 3 heteroatoms. The molecular formula is C12H20S3. The lowest BCUT2D eigenvalue weighted by Crippen LogP contribution is -2.24. The molecule has 1 aromatic rings. The minimum atomic E-state index is 0.251. The Kier molecular flexibility index (Phi) is 3.79. The van der Waals surface area contributed by atoms with Crippen molar-refractivity contribution in [1.29, 1.82) is 0 Å². The van der Waals surface area contributed by atoms with Gasteiger partial charge in [-0.1, -0.05) is 67.5 Å². The summed E-state index contributed by atoms with van der Waals surface area (Å²) in [6.07, 6.45) is 1.20. The highest BCUT2D eigenvalue weighted by Crippen LogP contribution is 2.41. The molecule has 0 saturated carbocycles. The molecule has 0 unspecified atom stereocenters. The van der Waals surface area contributed by atoms with E-state index in [0.717, 1.165) is 3.82 Å². The van der Waals surface area contributed by atoms with Gasteiger partial charge in [0.2, 0.25) is 0 Å². The Morgan fingerprint density at radius 2 is 1.60 bits per heavy atom. The highest BCUT2D eigenvalue weighted by atomic mass is 32.9. The van der Waals surface area contributed by atoms with Gasteiger partial charge in [0.1, 0.15) is 3.82 Å². The van der Waals surface area contributed by atoms with Crippen LogP contribution in [0.4, 0.5) is 0 Å². The molecule has 0 N–H and O–H groups in total. The van der Waals surface area contributed by atoms with Crippen LogP contribution in [0.1, 0.15) is 51.5 Å². The Labute approximate surface area is 106 Å². The normalized spacial score (nSPS) is 13.2. The quantitative estimate of drug-likeness (QED) is 0.495. The molecule has 0 aliphatic rings. The Morgan fingerprint density at radius 3 is 1.93 bits per heavy atom. The standard InChI is InChI=1S/C12H20S3/c1-8-9(14-15-10(8)13)12(5,6)7-11(2,3)4/h7H2,1-6H3. The molecule has 0 nitrogen and oxygen atoms in total. The summed E-state index contributed by atoms with van der Waals surface area (Å²) in [5.41, 5.74) is 1.95. The van der Waals surface area contributed by atoms with Crippen molar-refractivity contribution in [3.8, 4) is 0 Å². The monoisotopic (exact) mass is 260 g/mol. The Bertz CT molecular complexity index is 388. The van der Waals surface area contributed by atoms with E-state index in [0.29, 0.717) is 5.41 Å². The highest BCUT2D eigenvalue weighted by Gasteiger charge is 2.30. The van der Waals surface area contributed by atoms with Gasteiger partial charge in [0.15, 0.2) is 0 Å². The van der Waals surface area contributed by atoms with Crippen LogP contribution < -0.4 is 0 Å². The van der Waals surface area contributed by atoms with Crippen LogP contribution in [0.3, 0.4) is 0 Å². The maximum atomic E-state index is 5.31. The van der Waals surface area contributed by atoms with Crippen LogP contribution in [0.15, 0.2) is 0 Å². The summed E-state index contributed by atoms with van der Waals surface area (Å²) in [7, 11) is 3.60. The average Bonchev–Trinajstić information content (AvgIpc) is 2.27. The van der Waals surface area contributed by atoms with Gasteiger partial charge < -0.3 is 0 Å². The van der Waals surface area contributed by atoms with E-state index in [4.69, 9.17) is 12.2 Å². The molecule has 0 saturated heterocycles. The van der Waals surface area contributed by atoms with Gasteiger partial charge in [0.05, 0.1) is 0 Å². The second-order valence-corrected chi connectivity index (χ2v) is 8.85. The van der Waals surface area contributed by atoms with Gasteiger partial charge in [0, 0.05) is 10.3 Å². The molecule has 0 atom stereocenters. The van der Waals surface area contributed by atoms with Crippen molar-refractivity contribution in [2.45, 2.75) is 53.4 Å². The molecule has 1 heterocycles. The third-order valence-corrected chi connectivity index (χ3v) is 6.12. The summed E-state index contributed by atoms with van der Waals surface area (Å²) >= 11 is 5.31. The van der Waals surface area contributed by atoms with E-state index in [1.807, 2.05) is 10.3 Å². The maximum Gasteiger partial charge on any atom is 0.105 e.